The molecule has 8 nitrogen and oxygen atoms in total. The third-order valence-corrected chi connectivity index (χ3v) is 4.82. The fraction of sp³-hybridized carbons (Fsp3) is 0.167. The molecule has 2 aromatic rings. The molecule has 2 heterocycles. The zero-order valence-electron chi connectivity index (χ0n) is 14.9. The lowest BCUT2D eigenvalue weighted by atomic mass is 10.1. The highest BCUT2D eigenvalue weighted by atomic mass is 35.5. The van der Waals surface area contributed by atoms with Gasteiger partial charge in [0.2, 0.25) is 5.91 Å². The molecule has 0 saturated carbocycles. The normalized spacial score (nSPS) is 20.1. The lowest BCUT2D eigenvalue weighted by molar-refractivity contribution is -0.123. The number of hydrogen-bond acceptors (Lipinski definition) is 6. The predicted molar refractivity (Wildman–Crippen MR) is 98.0 cm³/mol. The summed E-state index contributed by atoms with van der Waals surface area (Å²) in [5.74, 6) is -4.69. The molecule has 0 spiro atoms. The summed E-state index contributed by atoms with van der Waals surface area (Å²) in [6.45, 7) is -0.515. The summed E-state index contributed by atoms with van der Waals surface area (Å²) in [6, 6.07) is 3.59. The van der Waals surface area contributed by atoms with Gasteiger partial charge in [0.25, 0.3) is 11.8 Å². The van der Waals surface area contributed by atoms with Crippen LogP contribution in [-0.2, 0) is 14.4 Å². The van der Waals surface area contributed by atoms with Crippen LogP contribution in [0.3, 0.4) is 0 Å². The van der Waals surface area contributed by atoms with Crippen LogP contribution in [0.4, 0.5) is 24.5 Å². The van der Waals surface area contributed by atoms with Crippen LogP contribution >= 0.6 is 11.6 Å². The van der Waals surface area contributed by atoms with Gasteiger partial charge in [-0.2, -0.15) is 5.11 Å². The average molecular weight is 438 g/mol. The van der Waals surface area contributed by atoms with Crippen LogP contribution in [0.1, 0.15) is 0 Å². The van der Waals surface area contributed by atoms with Gasteiger partial charge in [0.1, 0.15) is 24.0 Å². The molecule has 12 heteroatoms. The van der Waals surface area contributed by atoms with Gasteiger partial charge in [-0.05, 0) is 30.3 Å². The van der Waals surface area contributed by atoms with Gasteiger partial charge in [-0.25, -0.2) is 18.1 Å². The molecule has 0 aliphatic carbocycles. The summed E-state index contributed by atoms with van der Waals surface area (Å²) >= 11 is 5.72. The monoisotopic (exact) mass is 437 g/mol. The summed E-state index contributed by atoms with van der Waals surface area (Å²) < 4.78 is 40.1. The van der Waals surface area contributed by atoms with Crippen molar-refractivity contribution in [2.24, 2.45) is 10.3 Å². The Balaban J connectivity index is 1.50. The maximum atomic E-state index is 13.7. The summed E-state index contributed by atoms with van der Waals surface area (Å²) in [6.07, 6.45) is 0. The van der Waals surface area contributed by atoms with E-state index in [1.807, 2.05) is 0 Å². The zero-order chi connectivity index (χ0) is 21.6. The van der Waals surface area contributed by atoms with E-state index in [4.69, 9.17) is 11.6 Å². The van der Waals surface area contributed by atoms with Gasteiger partial charge in [-0.15, -0.1) is 0 Å². The molecule has 2 atom stereocenters. The van der Waals surface area contributed by atoms with Crippen molar-refractivity contribution >= 4 is 40.7 Å². The lowest BCUT2D eigenvalue weighted by Gasteiger charge is -2.20. The quantitative estimate of drug-likeness (QED) is 0.744. The molecule has 4 rings (SSSR count). The average Bonchev–Trinajstić information content (AvgIpc) is 3.20. The van der Waals surface area contributed by atoms with Crippen molar-refractivity contribution in [2.75, 3.05) is 16.8 Å². The molecule has 1 fully saturated rings. The van der Waals surface area contributed by atoms with Crippen molar-refractivity contribution < 1.29 is 27.6 Å². The fourth-order valence-electron chi connectivity index (χ4n) is 3.16. The molecule has 2 aliphatic heterocycles. The van der Waals surface area contributed by atoms with E-state index in [0.717, 1.165) is 34.2 Å². The molecule has 0 unspecified atom stereocenters. The summed E-state index contributed by atoms with van der Waals surface area (Å²) in [7, 11) is 0. The second kappa shape index (κ2) is 7.41. The minimum Gasteiger partial charge on any atom is -0.322 e. The fourth-order valence-corrected chi connectivity index (χ4v) is 3.33. The van der Waals surface area contributed by atoms with Crippen molar-refractivity contribution in [1.29, 1.82) is 0 Å². The van der Waals surface area contributed by atoms with E-state index in [2.05, 4.69) is 15.7 Å². The number of carbonyl (C=O) groups excluding carboxylic acids is 3. The number of benzene rings is 2. The van der Waals surface area contributed by atoms with Crippen LogP contribution in [0.2, 0.25) is 5.02 Å². The van der Waals surface area contributed by atoms with Gasteiger partial charge in [0.15, 0.2) is 12.1 Å². The van der Waals surface area contributed by atoms with Gasteiger partial charge >= 0.3 is 0 Å². The summed E-state index contributed by atoms with van der Waals surface area (Å²) in [5.41, 5.74) is -0.204. The molecule has 30 heavy (non-hydrogen) atoms. The number of halogens is 4. The Morgan fingerprint density at radius 1 is 1.07 bits per heavy atom. The van der Waals surface area contributed by atoms with Crippen LogP contribution in [0, 0.1) is 17.5 Å². The van der Waals surface area contributed by atoms with Gasteiger partial charge in [0, 0.05) is 6.07 Å². The molecule has 2 aliphatic rings. The number of nitrogens with one attached hydrogen (secondary N) is 1. The lowest BCUT2D eigenvalue weighted by Crippen LogP contribution is -2.43. The number of imide groups is 1. The first-order valence-electron chi connectivity index (χ1n) is 8.51. The predicted octanol–water partition coefficient (Wildman–Crippen LogP) is 2.69. The van der Waals surface area contributed by atoms with E-state index in [0.29, 0.717) is 6.07 Å². The van der Waals surface area contributed by atoms with Crippen LogP contribution in [-0.4, -0.2) is 41.4 Å². The van der Waals surface area contributed by atoms with E-state index >= 15 is 0 Å². The summed E-state index contributed by atoms with van der Waals surface area (Å²) in [5, 5.41) is 10.4. The first-order valence-corrected chi connectivity index (χ1v) is 8.89. The first-order chi connectivity index (χ1) is 14.3. The molecule has 0 bridgehead atoms. The number of anilines is 2. The Hall–Kier alpha value is -3.47. The van der Waals surface area contributed by atoms with E-state index in [-0.39, 0.29) is 16.4 Å². The Labute approximate surface area is 171 Å². The van der Waals surface area contributed by atoms with Crippen molar-refractivity contribution in [3.05, 3.63) is 58.9 Å². The first kappa shape index (κ1) is 19.8. The van der Waals surface area contributed by atoms with Gasteiger partial charge < -0.3 is 5.32 Å². The molecule has 0 aromatic heterocycles. The number of carbonyl (C=O) groups is 3. The number of nitrogens with zero attached hydrogens (tertiary/aromatic N) is 4. The highest BCUT2D eigenvalue weighted by Gasteiger charge is 2.55. The Bertz CT molecular complexity index is 1110. The third kappa shape index (κ3) is 3.36. The molecule has 1 N–H and O–H groups in total. The number of amides is 3. The molecular formula is C18H11ClF3N5O3. The van der Waals surface area contributed by atoms with Gasteiger partial charge in [-0.1, -0.05) is 16.8 Å². The Kier molecular flexibility index (Phi) is 4.90. The highest BCUT2D eigenvalue weighted by Crippen LogP contribution is 2.33. The van der Waals surface area contributed by atoms with E-state index < -0.39 is 53.8 Å². The standard InChI is InChI=1S/C18H11ClF3N5O3/c19-10-6-9(2-3-11(10)21)27-17(29)15-16(18(27)30)26(25-24-15)7-14(28)23-13-4-1-8(20)5-12(13)22/h1-6,15-16H,7H2,(H,23,28)/t15-,16-/m0/s1. The molecular weight excluding hydrogens is 427 g/mol. The number of hydrogen-bond donors (Lipinski definition) is 1. The van der Waals surface area contributed by atoms with E-state index in [9.17, 15) is 27.6 Å². The van der Waals surface area contributed by atoms with Crippen LogP contribution in [0.15, 0.2) is 46.7 Å². The maximum absolute atomic E-state index is 13.7. The van der Waals surface area contributed by atoms with Crippen LogP contribution in [0.5, 0.6) is 0 Å². The van der Waals surface area contributed by atoms with E-state index in [1.54, 1.807) is 0 Å². The van der Waals surface area contributed by atoms with Crippen LogP contribution in [0.25, 0.3) is 0 Å². The molecule has 0 radical (unpaired) electrons. The molecule has 2 aromatic carbocycles. The SMILES string of the molecule is O=C(CN1N=N[C@@H]2C(=O)N(c3ccc(F)c(Cl)c3)C(=O)[C@H]21)Nc1ccc(F)cc1F. The Morgan fingerprint density at radius 3 is 2.53 bits per heavy atom. The van der Waals surface area contributed by atoms with Gasteiger partial charge in [0.05, 0.1) is 16.4 Å². The molecule has 3 amide bonds. The van der Waals surface area contributed by atoms with Crippen molar-refractivity contribution in [2.45, 2.75) is 12.1 Å². The highest BCUT2D eigenvalue weighted by molar-refractivity contribution is 6.32. The minimum absolute atomic E-state index is 0.0544. The second-order valence-electron chi connectivity index (χ2n) is 6.47. The van der Waals surface area contributed by atoms with Crippen molar-refractivity contribution in [3.8, 4) is 0 Å². The smallest absolute Gasteiger partial charge is 0.263 e. The van der Waals surface area contributed by atoms with Gasteiger partial charge in [-0.3, -0.25) is 19.4 Å². The number of fused-ring (bicyclic) bond motifs is 1. The number of rotatable bonds is 4. The molecule has 154 valence electrons. The molecule has 1 saturated heterocycles. The maximum Gasteiger partial charge on any atom is 0.263 e. The van der Waals surface area contributed by atoms with Crippen LogP contribution < -0.4 is 10.2 Å². The zero-order valence-corrected chi connectivity index (χ0v) is 15.6. The topological polar surface area (TPSA) is 94.4 Å². The van der Waals surface area contributed by atoms with E-state index in [1.165, 1.54) is 6.07 Å². The Morgan fingerprint density at radius 2 is 1.83 bits per heavy atom. The minimum atomic E-state index is -1.19. The third-order valence-electron chi connectivity index (χ3n) is 4.53. The van der Waals surface area contributed by atoms with Crippen molar-refractivity contribution in [1.82, 2.24) is 5.01 Å². The van der Waals surface area contributed by atoms with Crippen molar-refractivity contribution in [3.63, 3.8) is 0 Å². The largest absolute Gasteiger partial charge is 0.322 e. The summed E-state index contributed by atoms with van der Waals surface area (Å²) in [4.78, 5) is 38.4. The second-order valence-corrected chi connectivity index (χ2v) is 6.88.